The monoisotopic (exact) mass is 402 g/mol. The van der Waals surface area contributed by atoms with Gasteiger partial charge in [-0.05, 0) is 51.0 Å². The van der Waals surface area contributed by atoms with E-state index in [9.17, 15) is 0 Å². The zero-order valence-corrected chi connectivity index (χ0v) is 18.4. The third-order valence-corrected chi connectivity index (χ3v) is 9.82. The zero-order chi connectivity index (χ0) is 19.8. The molecule has 0 aromatic heterocycles. The fourth-order valence-corrected chi connectivity index (χ4v) is 8.48. The van der Waals surface area contributed by atoms with E-state index in [2.05, 4.69) is 103 Å². The number of nitrogens with zero attached hydrogens (tertiary/aromatic N) is 2. The Bertz CT molecular complexity index is 834. The molecule has 3 atom stereocenters. The maximum Gasteiger partial charge on any atom is 0.0858 e. The Hall–Kier alpha value is -1.73. The highest BCUT2D eigenvalue weighted by atomic mass is 31.1. The van der Waals surface area contributed by atoms with Gasteiger partial charge in [-0.25, -0.2) is 0 Å². The van der Waals surface area contributed by atoms with Crippen LogP contribution in [-0.2, 0) is 0 Å². The predicted octanol–water partition coefficient (Wildman–Crippen LogP) is 4.50. The van der Waals surface area contributed by atoms with E-state index in [4.69, 9.17) is 0 Å². The summed E-state index contributed by atoms with van der Waals surface area (Å²) in [5.74, 6) is 0. The number of likely N-dealkylation sites (N-methyl/N-ethyl adjacent to an activating group) is 2. The highest BCUT2D eigenvalue weighted by Gasteiger charge is 2.47. The first-order valence-corrected chi connectivity index (χ1v) is 12.4. The minimum atomic E-state index is -0.475. The van der Waals surface area contributed by atoms with Crippen LogP contribution in [0.3, 0.4) is 0 Å². The van der Waals surface area contributed by atoms with Crippen molar-refractivity contribution in [1.82, 2.24) is 9.80 Å². The summed E-state index contributed by atoms with van der Waals surface area (Å²) in [5.41, 5.74) is 2.05. The summed E-state index contributed by atoms with van der Waals surface area (Å²) in [6.45, 7) is 0. The SMILES string of the molecule is CN1C(C2=CC=CC2P(c2ccccc2)c2ccccc2)N(C)[C@H]2CCCC[C@@H]21. The van der Waals surface area contributed by atoms with Gasteiger partial charge in [0, 0.05) is 17.7 Å². The molecule has 2 nitrogen and oxygen atoms in total. The number of rotatable bonds is 4. The smallest absolute Gasteiger partial charge is 0.0858 e. The Balaban J connectivity index is 1.52. The predicted molar refractivity (Wildman–Crippen MR) is 125 cm³/mol. The van der Waals surface area contributed by atoms with Crippen LogP contribution in [-0.4, -0.2) is 47.8 Å². The molecule has 2 aliphatic carbocycles. The van der Waals surface area contributed by atoms with Crippen molar-refractivity contribution < 1.29 is 0 Å². The minimum Gasteiger partial charge on any atom is -0.283 e. The van der Waals surface area contributed by atoms with Crippen molar-refractivity contribution in [3.05, 3.63) is 84.5 Å². The van der Waals surface area contributed by atoms with Crippen LogP contribution >= 0.6 is 7.92 Å². The van der Waals surface area contributed by atoms with Crippen molar-refractivity contribution in [2.45, 2.75) is 49.6 Å². The maximum absolute atomic E-state index is 2.68. The van der Waals surface area contributed by atoms with Gasteiger partial charge in [0.2, 0.25) is 0 Å². The second-order valence-electron chi connectivity index (χ2n) is 8.66. The van der Waals surface area contributed by atoms with Crippen LogP contribution in [0.15, 0.2) is 84.5 Å². The average Bonchev–Trinajstić information content (AvgIpc) is 3.33. The molecule has 1 saturated carbocycles. The summed E-state index contributed by atoms with van der Waals surface area (Å²) >= 11 is 0. The number of benzene rings is 2. The second-order valence-corrected chi connectivity index (χ2v) is 11.0. The molecule has 5 rings (SSSR count). The Morgan fingerprint density at radius 3 is 1.79 bits per heavy atom. The van der Waals surface area contributed by atoms with E-state index in [-0.39, 0.29) is 0 Å². The number of hydrogen-bond donors (Lipinski definition) is 0. The average molecular weight is 403 g/mol. The van der Waals surface area contributed by atoms with E-state index in [1.54, 1.807) is 5.57 Å². The van der Waals surface area contributed by atoms with Gasteiger partial charge < -0.3 is 0 Å². The zero-order valence-electron chi connectivity index (χ0n) is 17.5. The van der Waals surface area contributed by atoms with Crippen molar-refractivity contribution in [1.29, 1.82) is 0 Å². The van der Waals surface area contributed by atoms with Gasteiger partial charge in [-0.1, -0.05) is 91.7 Å². The van der Waals surface area contributed by atoms with E-state index in [1.807, 2.05) is 0 Å². The molecule has 1 aliphatic heterocycles. The number of allylic oxidation sites excluding steroid dienone is 3. The first kappa shape index (κ1) is 19.2. The molecule has 1 saturated heterocycles. The van der Waals surface area contributed by atoms with Crippen molar-refractivity contribution in [3.8, 4) is 0 Å². The third-order valence-electron chi connectivity index (χ3n) is 7.08. The topological polar surface area (TPSA) is 6.48 Å². The van der Waals surface area contributed by atoms with Crippen LogP contribution in [0.25, 0.3) is 0 Å². The van der Waals surface area contributed by atoms with E-state index < -0.39 is 7.92 Å². The quantitative estimate of drug-likeness (QED) is 0.695. The molecule has 150 valence electrons. The highest BCUT2D eigenvalue weighted by molar-refractivity contribution is 7.74. The molecule has 3 aliphatic rings. The lowest BCUT2D eigenvalue weighted by Crippen LogP contribution is -2.41. The van der Waals surface area contributed by atoms with Crippen molar-refractivity contribution in [2.24, 2.45) is 0 Å². The van der Waals surface area contributed by atoms with Gasteiger partial charge in [0.15, 0.2) is 0 Å². The Kier molecular flexibility index (Phi) is 5.43. The lowest BCUT2D eigenvalue weighted by molar-refractivity contribution is 0.196. The first-order valence-electron chi connectivity index (χ1n) is 11.0. The third kappa shape index (κ3) is 3.42. The van der Waals surface area contributed by atoms with Gasteiger partial charge in [0.05, 0.1) is 6.17 Å². The molecule has 2 aromatic carbocycles. The molecule has 0 spiro atoms. The van der Waals surface area contributed by atoms with Crippen molar-refractivity contribution in [2.75, 3.05) is 14.1 Å². The van der Waals surface area contributed by atoms with E-state index in [0.717, 1.165) is 0 Å². The summed E-state index contributed by atoms with van der Waals surface area (Å²) in [4.78, 5) is 5.36. The number of hydrogen-bond acceptors (Lipinski definition) is 2. The first-order chi connectivity index (χ1) is 14.3. The lowest BCUT2D eigenvalue weighted by Gasteiger charge is -2.35. The van der Waals surface area contributed by atoms with Crippen LogP contribution in [0, 0.1) is 0 Å². The highest BCUT2D eigenvalue weighted by Crippen LogP contribution is 2.49. The van der Waals surface area contributed by atoms with E-state index >= 15 is 0 Å². The molecular weight excluding hydrogens is 371 g/mol. The van der Waals surface area contributed by atoms with Crippen LogP contribution in [0.1, 0.15) is 25.7 Å². The van der Waals surface area contributed by atoms with Crippen molar-refractivity contribution in [3.63, 3.8) is 0 Å². The molecule has 0 bridgehead atoms. The minimum absolute atomic E-state index is 0.417. The second kappa shape index (κ2) is 8.19. The van der Waals surface area contributed by atoms with Gasteiger partial charge in [-0.2, -0.15) is 0 Å². The summed E-state index contributed by atoms with van der Waals surface area (Å²) in [6.07, 6.45) is 13.1. The standard InChI is InChI=1S/C26H31N2P/c1-27-23-17-9-10-18-24(23)28(2)26(27)22-16-11-19-25(22)29(20-12-5-3-6-13-20)21-14-7-4-8-15-21/h3-8,11-16,19,23-26H,9-10,17-18H2,1-2H3/t23-,24-,25?/m0/s1. The van der Waals surface area contributed by atoms with Crippen LogP contribution < -0.4 is 10.6 Å². The fourth-order valence-electron chi connectivity index (χ4n) is 5.77. The molecule has 1 unspecified atom stereocenters. The van der Waals surface area contributed by atoms with Crippen LogP contribution in [0.2, 0.25) is 0 Å². The van der Waals surface area contributed by atoms with Crippen LogP contribution in [0.5, 0.6) is 0 Å². The molecule has 0 radical (unpaired) electrons. The normalized spacial score (nSPS) is 28.1. The Morgan fingerprint density at radius 2 is 1.28 bits per heavy atom. The Labute approximate surface area is 176 Å². The molecule has 1 heterocycles. The molecule has 2 aromatic rings. The van der Waals surface area contributed by atoms with Crippen molar-refractivity contribution >= 4 is 18.5 Å². The molecule has 0 amide bonds. The number of fused-ring (bicyclic) bond motifs is 1. The molecular formula is C26H31N2P. The van der Waals surface area contributed by atoms with E-state index in [1.165, 1.54) is 36.3 Å². The van der Waals surface area contributed by atoms with Gasteiger partial charge >= 0.3 is 0 Å². The largest absolute Gasteiger partial charge is 0.283 e. The summed E-state index contributed by atoms with van der Waals surface area (Å²) in [6, 6.07) is 23.7. The van der Waals surface area contributed by atoms with Crippen LogP contribution in [0.4, 0.5) is 0 Å². The van der Waals surface area contributed by atoms with Gasteiger partial charge in [-0.3, -0.25) is 9.80 Å². The maximum atomic E-state index is 2.68. The summed E-state index contributed by atoms with van der Waals surface area (Å²) in [5, 5.41) is 2.94. The molecule has 0 N–H and O–H groups in total. The summed E-state index contributed by atoms with van der Waals surface area (Å²) in [7, 11) is 4.25. The lowest BCUT2D eigenvalue weighted by atomic mass is 9.91. The molecule has 3 heteroatoms. The van der Waals surface area contributed by atoms with E-state index in [0.29, 0.717) is 23.9 Å². The summed E-state index contributed by atoms with van der Waals surface area (Å²) < 4.78 is 0. The van der Waals surface area contributed by atoms with Gasteiger partial charge in [0.25, 0.3) is 0 Å². The fraction of sp³-hybridized carbons (Fsp3) is 0.385. The molecule has 29 heavy (non-hydrogen) atoms. The van der Waals surface area contributed by atoms with Gasteiger partial charge in [0.1, 0.15) is 0 Å². The molecule has 2 fully saturated rings. The Morgan fingerprint density at radius 1 is 0.759 bits per heavy atom. The van der Waals surface area contributed by atoms with Gasteiger partial charge in [-0.15, -0.1) is 0 Å².